The lowest BCUT2D eigenvalue weighted by Crippen LogP contribution is -2.04. The number of halogens is 3. The molecule has 0 aliphatic heterocycles. The number of carbonyl (C=O) groups excluding carboxylic acids is 1. The highest BCUT2D eigenvalue weighted by molar-refractivity contribution is 5.94. The molecule has 20 heavy (non-hydrogen) atoms. The number of benzene rings is 2. The number of carbonyl (C=O) groups is 1. The first-order valence-corrected chi connectivity index (χ1v) is 5.85. The van der Waals surface area contributed by atoms with Crippen LogP contribution in [0.25, 0.3) is 0 Å². The van der Waals surface area contributed by atoms with Gasteiger partial charge in [-0.1, -0.05) is 0 Å². The third kappa shape index (κ3) is 2.99. The van der Waals surface area contributed by atoms with Gasteiger partial charge in [0.1, 0.15) is 18.2 Å². The van der Waals surface area contributed by atoms with Crippen LogP contribution >= 0.6 is 0 Å². The Hall–Kier alpha value is -2.30. The van der Waals surface area contributed by atoms with Crippen LogP contribution in [-0.4, -0.2) is 5.78 Å². The maximum atomic E-state index is 13.4. The van der Waals surface area contributed by atoms with Gasteiger partial charge >= 0.3 is 0 Å². The van der Waals surface area contributed by atoms with E-state index in [1.165, 1.54) is 31.2 Å². The van der Waals surface area contributed by atoms with Crippen molar-refractivity contribution in [2.24, 2.45) is 0 Å². The van der Waals surface area contributed by atoms with Crippen LogP contribution in [0.3, 0.4) is 0 Å². The summed E-state index contributed by atoms with van der Waals surface area (Å²) in [5.41, 5.74) is 0.0288. The zero-order chi connectivity index (χ0) is 14.7. The van der Waals surface area contributed by atoms with E-state index in [0.29, 0.717) is 11.3 Å². The van der Waals surface area contributed by atoms with E-state index >= 15 is 0 Å². The van der Waals surface area contributed by atoms with Crippen LogP contribution in [0, 0.1) is 17.5 Å². The number of Topliss-reactive ketones (excluding diaryl/α,β-unsaturated/α-hetero) is 1. The molecule has 0 atom stereocenters. The van der Waals surface area contributed by atoms with Crippen molar-refractivity contribution in [3.8, 4) is 5.75 Å². The summed E-state index contributed by atoms with van der Waals surface area (Å²) in [6.07, 6.45) is 0. The van der Waals surface area contributed by atoms with Crippen molar-refractivity contribution in [1.29, 1.82) is 0 Å². The summed E-state index contributed by atoms with van der Waals surface area (Å²) < 4.78 is 44.9. The van der Waals surface area contributed by atoms with Gasteiger partial charge < -0.3 is 4.74 Å². The van der Waals surface area contributed by atoms with E-state index in [1.807, 2.05) is 0 Å². The number of hydrogen-bond donors (Lipinski definition) is 0. The molecular formula is C15H11F3O2. The first-order valence-electron chi connectivity index (χ1n) is 5.85. The summed E-state index contributed by atoms with van der Waals surface area (Å²) in [7, 11) is 0. The minimum Gasteiger partial charge on any atom is -0.489 e. The summed E-state index contributed by atoms with van der Waals surface area (Å²) in [6.45, 7) is 0.988. The van der Waals surface area contributed by atoms with Crippen LogP contribution in [0.5, 0.6) is 5.75 Å². The molecule has 2 aromatic rings. The molecule has 0 radical (unpaired) electrons. The molecule has 2 aromatic carbocycles. The molecule has 0 bridgehead atoms. The van der Waals surface area contributed by atoms with E-state index in [4.69, 9.17) is 4.74 Å². The van der Waals surface area contributed by atoms with Gasteiger partial charge in [0.25, 0.3) is 0 Å². The third-order valence-electron chi connectivity index (χ3n) is 2.78. The van der Waals surface area contributed by atoms with E-state index in [1.54, 1.807) is 0 Å². The smallest absolute Gasteiger partial charge is 0.168 e. The second-order valence-electron chi connectivity index (χ2n) is 4.19. The molecule has 104 valence electrons. The fraction of sp³-hybridized carbons (Fsp3) is 0.133. The predicted octanol–water partition coefficient (Wildman–Crippen LogP) is 3.89. The van der Waals surface area contributed by atoms with Crippen molar-refractivity contribution in [2.45, 2.75) is 13.5 Å². The molecule has 0 N–H and O–H groups in total. The van der Waals surface area contributed by atoms with Crippen molar-refractivity contribution in [3.05, 3.63) is 65.0 Å². The van der Waals surface area contributed by atoms with Crippen LogP contribution in [-0.2, 0) is 6.61 Å². The fourth-order valence-electron chi connectivity index (χ4n) is 1.64. The Balaban J connectivity index is 2.13. The number of ether oxygens (including phenoxy) is 1. The average molecular weight is 280 g/mol. The van der Waals surface area contributed by atoms with Gasteiger partial charge in [-0.2, -0.15) is 0 Å². The normalized spacial score (nSPS) is 10.4. The van der Waals surface area contributed by atoms with E-state index in [0.717, 1.165) is 12.1 Å². The van der Waals surface area contributed by atoms with E-state index in [9.17, 15) is 18.0 Å². The Morgan fingerprint density at radius 1 is 1.00 bits per heavy atom. The molecule has 5 heteroatoms. The van der Waals surface area contributed by atoms with Crippen LogP contribution in [0.4, 0.5) is 13.2 Å². The van der Waals surface area contributed by atoms with E-state index in [2.05, 4.69) is 0 Å². The minimum absolute atomic E-state index is 0.0984. The second kappa shape index (κ2) is 5.77. The standard InChI is InChI=1S/C15H11F3O2/c1-9(19)10-2-4-11(5-3-10)20-8-12-13(16)6-7-14(17)15(12)18/h2-7H,8H2,1H3. The molecule has 0 heterocycles. The fourth-order valence-corrected chi connectivity index (χ4v) is 1.64. The second-order valence-corrected chi connectivity index (χ2v) is 4.19. The van der Waals surface area contributed by atoms with Crippen LogP contribution < -0.4 is 4.74 Å². The van der Waals surface area contributed by atoms with E-state index < -0.39 is 29.6 Å². The Kier molecular flexibility index (Phi) is 4.08. The SMILES string of the molecule is CC(=O)c1ccc(OCc2c(F)ccc(F)c2F)cc1. The number of rotatable bonds is 4. The summed E-state index contributed by atoms with van der Waals surface area (Å²) in [4.78, 5) is 11.1. The number of ketones is 1. The Morgan fingerprint density at radius 3 is 2.20 bits per heavy atom. The first kappa shape index (κ1) is 14.1. The van der Waals surface area contributed by atoms with Gasteiger partial charge in [0.15, 0.2) is 17.4 Å². The van der Waals surface area contributed by atoms with E-state index in [-0.39, 0.29) is 5.78 Å². The predicted molar refractivity (Wildman–Crippen MR) is 67.1 cm³/mol. The summed E-state index contributed by atoms with van der Waals surface area (Å²) >= 11 is 0. The molecule has 0 saturated carbocycles. The molecule has 0 amide bonds. The van der Waals surface area contributed by atoms with Crippen molar-refractivity contribution in [1.82, 2.24) is 0 Å². The van der Waals surface area contributed by atoms with Crippen molar-refractivity contribution < 1.29 is 22.7 Å². The molecule has 0 aromatic heterocycles. The minimum atomic E-state index is -1.26. The van der Waals surface area contributed by atoms with Gasteiger partial charge in [-0.15, -0.1) is 0 Å². The Morgan fingerprint density at radius 2 is 1.60 bits per heavy atom. The maximum absolute atomic E-state index is 13.4. The molecule has 0 unspecified atom stereocenters. The van der Waals surface area contributed by atoms with Gasteiger partial charge in [-0.25, -0.2) is 13.2 Å². The zero-order valence-corrected chi connectivity index (χ0v) is 10.6. The van der Waals surface area contributed by atoms with Gasteiger partial charge in [-0.3, -0.25) is 4.79 Å². The quantitative estimate of drug-likeness (QED) is 0.627. The summed E-state index contributed by atoms with van der Waals surface area (Å²) in [6, 6.07) is 7.65. The summed E-state index contributed by atoms with van der Waals surface area (Å²) in [5, 5.41) is 0. The molecule has 2 nitrogen and oxygen atoms in total. The van der Waals surface area contributed by atoms with Gasteiger partial charge in [0.05, 0.1) is 5.56 Å². The summed E-state index contributed by atoms with van der Waals surface area (Å²) in [5.74, 6) is -3.02. The molecule has 0 aliphatic carbocycles. The monoisotopic (exact) mass is 280 g/mol. The molecular weight excluding hydrogens is 269 g/mol. The highest BCUT2D eigenvalue weighted by Crippen LogP contribution is 2.19. The highest BCUT2D eigenvalue weighted by Gasteiger charge is 2.14. The number of hydrogen-bond acceptors (Lipinski definition) is 2. The molecule has 0 saturated heterocycles. The largest absolute Gasteiger partial charge is 0.489 e. The molecule has 0 spiro atoms. The van der Waals surface area contributed by atoms with Crippen molar-refractivity contribution in [2.75, 3.05) is 0 Å². The highest BCUT2D eigenvalue weighted by atomic mass is 19.2. The van der Waals surface area contributed by atoms with Crippen LogP contribution in [0.2, 0.25) is 0 Å². The lowest BCUT2D eigenvalue weighted by molar-refractivity contribution is 0.101. The molecule has 0 fully saturated rings. The first-order chi connectivity index (χ1) is 9.49. The lowest BCUT2D eigenvalue weighted by Gasteiger charge is -2.09. The maximum Gasteiger partial charge on any atom is 0.168 e. The Labute approximate surface area is 113 Å². The average Bonchev–Trinajstić information content (AvgIpc) is 2.43. The topological polar surface area (TPSA) is 26.3 Å². The van der Waals surface area contributed by atoms with Crippen LogP contribution in [0.15, 0.2) is 36.4 Å². The van der Waals surface area contributed by atoms with Crippen molar-refractivity contribution >= 4 is 5.78 Å². The van der Waals surface area contributed by atoms with Gasteiger partial charge in [0, 0.05) is 5.56 Å². The molecule has 0 aliphatic rings. The lowest BCUT2D eigenvalue weighted by atomic mass is 10.1. The van der Waals surface area contributed by atoms with Crippen LogP contribution in [0.1, 0.15) is 22.8 Å². The zero-order valence-electron chi connectivity index (χ0n) is 10.6. The van der Waals surface area contributed by atoms with Gasteiger partial charge in [0.2, 0.25) is 0 Å². The molecule has 2 rings (SSSR count). The Bertz CT molecular complexity index is 636. The van der Waals surface area contributed by atoms with Gasteiger partial charge in [-0.05, 0) is 43.3 Å². The third-order valence-corrected chi connectivity index (χ3v) is 2.78. The van der Waals surface area contributed by atoms with Crippen molar-refractivity contribution in [3.63, 3.8) is 0 Å².